The summed E-state index contributed by atoms with van der Waals surface area (Å²) in [5.74, 6) is -0.374. The van der Waals surface area contributed by atoms with Gasteiger partial charge in [-0.3, -0.25) is 0 Å². The highest BCUT2D eigenvalue weighted by Crippen LogP contribution is 2.23. The molecule has 0 atom stereocenters. The fourth-order valence-electron chi connectivity index (χ4n) is 1.62. The second kappa shape index (κ2) is 4.99. The molecule has 0 aromatic carbocycles. The first-order valence-electron chi connectivity index (χ1n) is 4.72. The van der Waals surface area contributed by atoms with E-state index in [0.717, 1.165) is 12.8 Å². The van der Waals surface area contributed by atoms with Crippen LogP contribution in [0.2, 0.25) is 0 Å². The normalized spacial score (nSPS) is 19.5. The van der Waals surface area contributed by atoms with Crippen molar-refractivity contribution in [2.45, 2.75) is 30.9 Å². The van der Waals surface area contributed by atoms with Gasteiger partial charge in [-0.1, -0.05) is 12.8 Å². The lowest BCUT2D eigenvalue weighted by Crippen LogP contribution is -2.35. The van der Waals surface area contributed by atoms with E-state index < -0.39 is 19.1 Å². The van der Waals surface area contributed by atoms with Crippen LogP contribution in [0.3, 0.4) is 0 Å². The molecule has 0 unspecified atom stereocenters. The molecule has 1 fully saturated rings. The molecule has 0 aromatic heterocycles. The topological polar surface area (TPSA) is 80.3 Å². The van der Waals surface area contributed by atoms with Gasteiger partial charge in [-0.15, -0.1) is 0 Å². The Hall–Kier alpha value is 0.150. The largest absolute Gasteiger partial charge is 0.233 e. The lowest BCUT2D eigenvalue weighted by Gasteiger charge is -2.11. The molecular formula is C7H14ClNO4S2. The quantitative estimate of drug-likeness (QED) is 0.737. The minimum atomic E-state index is -3.62. The molecular weight excluding hydrogens is 262 g/mol. The Kier molecular flexibility index (Phi) is 4.39. The van der Waals surface area contributed by atoms with Gasteiger partial charge >= 0.3 is 0 Å². The molecule has 1 saturated carbocycles. The van der Waals surface area contributed by atoms with Gasteiger partial charge in [0.15, 0.2) is 0 Å². The standard InChI is InChI=1S/C7H14ClNO4S2/c8-14(10,11)6-5-9-15(12,13)7-3-1-2-4-7/h7,9H,1-6H2. The lowest BCUT2D eigenvalue weighted by molar-refractivity contribution is 0.566. The molecule has 0 saturated heterocycles. The molecule has 0 aromatic rings. The van der Waals surface area contributed by atoms with E-state index >= 15 is 0 Å². The van der Waals surface area contributed by atoms with E-state index in [2.05, 4.69) is 4.72 Å². The average molecular weight is 276 g/mol. The van der Waals surface area contributed by atoms with Gasteiger partial charge in [0.25, 0.3) is 0 Å². The van der Waals surface area contributed by atoms with Crippen LogP contribution >= 0.6 is 10.7 Å². The fraction of sp³-hybridized carbons (Fsp3) is 1.00. The second-order valence-electron chi connectivity index (χ2n) is 3.59. The molecule has 0 aliphatic heterocycles. The first-order valence-corrected chi connectivity index (χ1v) is 8.74. The van der Waals surface area contributed by atoms with Crippen LogP contribution in [-0.2, 0) is 19.1 Å². The van der Waals surface area contributed by atoms with Gasteiger partial charge in [0.05, 0.1) is 11.0 Å². The highest BCUT2D eigenvalue weighted by Gasteiger charge is 2.28. The minimum absolute atomic E-state index is 0.148. The average Bonchev–Trinajstić information content (AvgIpc) is 2.52. The zero-order chi connectivity index (χ0) is 11.5. The van der Waals surface area contributed by atoms with Gasteiger partial charge in [-0.25, -0.2) is 21.6 Å². The Labute approximate surface area is 94.7 Å². The highest BCUT2D eigenvalue weighted by molar-refractivity contribution is 8.13. The summed E-state index contributed by atoms with van der Waals surface area (Å²) in [6.07, 6.45) is 3.14. The summed E-state index contributed by atoms with van der Waals surface area (Å²) in [5.41, 5.74) is 0. The van der Waals surface area contributed by atoms with E-state index in [1.165, 1.54) is 0 Å². The first kappa shape index (κ1) is 13.2. The molecule has 1 N–H and O–H groups in total. The fourth-order valence-corrected chi connectivity index (χ4v) is 3.91. The molecule has 1 rings (SSSR count). The van der Waals surface area contributed by atoms with Crippen molar-refractivity contribution in [1.82, 2.24) is 4.72 Å². The summed E-state index contributed by atoms with van der Waals surface area (Å²) in [6.45, 7) is -0.148. The summed E-state index contributed by atoms with van der Waals surface area (Å²) >= 11 is 0. The third-order valence-corrected chi connectivity index (χ3v) is 5.50. The number of nitrogens with one attached hydrogen (secondary N) is 1. The minimum Gasteiger partial charge on any atom is -0.214 e. The molecule has 15 heavy (non-hydrogen) atoms. The molecule has 0 spiro atoms. The Morgan fingerprint density at radius 1 is 1.13 bits per heavy atom. The molecule has 90 valence electrons. The van der Waals surface area contributed by atoms with E-state index in [0.29, 0.717) is 12.8 Å². The molecule has 0 bridgehead atoms. The Bertz CT molecular complexity index is 397. The molecule has 5 nitrogen and oxygen atoms in total. The Morgan fingerprint density at radius 3 is 2.13 bits per heavy atom. The van der Waals surface area contributed by atoms with Gasteiger partial charge < -0.3 is 0 Å². The molecule has 0 heterocycles. The Morgan fingerprint density at radius 2 is 1.67 bits per heavy atom. The van der Waals surface area contributed by atoms with E-state index in [9.17, 15) is 16.8 Å². The summed E-state index contributed by atoms with van der Waals surface area (Å²) in [7, 11) is -2.02. The second-order valence-corrected chi connectivity index (χ2v) is 8.53. The van der Waals surface area contributed by atoms with Gasteiger partial charge in [0.2, 0.25) is 19.1 Å². The maximum Gasteiger partial charge on any atom is 0.233 e. The van der Waals surface area contributed by atoms with Crippen molar-refractivity contribution in [3.63, 3.8) is 0 Å². The van der Waals surface area contributed by atoms with Crippen LogP contribution in [0.4, 0.5) is 0 Å². The van der Waals surface area contributed by atoms with Gasteiger partial charge in [0, 0.05) is 17.2 Å². The van der Waals surface area contributed by atoms with E-state index in [-0.39, 0.29) is 17.5 Å². The van der Waals surface area contributed by atoms with Crippen LogP contribution in [0.25, 0.3) is 0 Å². The van der Waals surface area contributed by atoms with Crippen molar-refractivity contribution >= 4 is 29.8 Å². The number of sulfonamides is 1. The number of hydrogen-bond acceptors (Lipinski definition) is 4. The highest BCUT2D eigenvalue weighted by atomic mass is 35.7. The van der Waals surface area contributed by atoms with Crippen LogP contribution in [0.15, 0.2) is 0 Å². The van der Waals surface area contributed by atoms with E-state index in [1.807, 2.05) is 0 Å². The van der Waals surface area contributed by atoms with Gasteiger partial charge in [-0.2, -0.15) is 0 Å². The summed E-state index contributed by atoms with van der Waals surface area (Å²) in [5, 5.41) is -0.365. The van der Waals surface area contributed by atoms with Crippen molar-refractivity contribution in [3.05, 3.63) is 0 Å². The number of hydrogen-bond donors (Lipinski definition) is 1. The maximum atomic E-state index is 11.6. The van der Waals surface area contributed by atoms with Crippen molar-refractivity contribution in [2.24, 2.45) is 0 Å². The van der Waals surface area contributed by atoms with E-state index in [1.54, 1.807) is 0 Å². The predicted octanol–water partition coefficient (Wildman–Crippen LogP) is 0.417. The van der Waals surface area contributed by atoms with Crippen LogP contribution < -0.4 is 4.72 Å². The van der Waals surface area contributed by atoms with Crippen LogP contribution in [0, 0.1) is 0 Å². The van der Waals surface area contributed by atoms with Gasteiger partial charge in [0.1, 0.15) is 0 Å². The van der Waals surface area contributed by atoms with Crippen molar-refractivity contribution in [3.8, 4) is 0 Å². The summed E-state index contributed by atoms with van der Waals surface area (Å²) in [6, 6.07) is 0. The lowest BCUT2D eigenvalue weighted by atomic mass is 10.4. The molecule has 0 radical (unpaired) electrons. The maximum absolute atomic E-state index is 11.6. The van der Waals surface area contributed by atoms with Crippen molar-refractivity contribution in [1.29, 1.82) is 0 Å². The molecule has 0 amide bonds. The zero-order valence-electron chi connectivity index (χ0n) is 8.15. The molecule has 8 heteroatoms. The SMILES string of the molecule is O=S(=O)(Cl)CCNS(=O)(=O)C1CCCC1. The molecule has 1 aliphatic rings. The third-order valence-electron chi connectivity index (χ3n) is 2.39. The Balaban J connectivity index is 2.43. The monoisotopic (exact) mass is 275 g/mol. The van der Waals surface area contributed by atoms with Gasteiger partial charge in [-0.05, 0) is 12.8 Å². The van der Waals surface area contributed by atoms with Crippen molar-refractivity contribution < 1.29 is 16.8 Å². The zero-order valence-corrected chi connectivity index (χ0v) is 10.5. The summed E-state index contributed by atoms with van der Waals surface area (Å²) < 4.78 is 46.5. The predicted molar refractivity (Wildman–Crippen MR) is 58.8 cm³/mol. The van der Waals surface area contributed by atoms with Crippen LogP contribution in [0.5, 0.6) is 0 Å². The van der Waals surface area contributed by atoms with E-state index in [4.69, 9.17) is 10.7 Å². The van der Waals surface area contributed by atoms with Crippen LogP contribution in [0.1, 0.15) is 25.7 Å². The summed E-state index contributed by atoms with van der Waals surface area (Å²) in [4.78, 5) is 0. The number of rotatable bonds is 5. The van der Waals surface area contributed by atoms with Crippen LogP contribution in [-0.4, -0.2) is 34.4 Å². The molecule has 1 aliphatic carbocycles. The smallest absolute Gasteiger partial charge is 0.214 e. The number of halogens is 1. The first-order chi connectivity index (χ1) is 6.81. The third kappa shape index (κ3) is 4.67. The van der Waals surface area contributed by atoms with Crippen molar-refractivity contribution in [2.75, 3.05) is 12.3 Å².